The van der Waals surface area contributed by atoms with E-state index < -0.39 is 11.8 Å². The van der Waals surface area contributed by atoms with Crippen LogP contribution in [0.3, 0.4) is 0 Å². The van der Waals surface area contributed by atoms with Crippen molar-refractivity contribution in [2.45, 2.75) is 18.9 Å². The van der Waals surface area contributed by atoms with Gasteiger partial charge in [0.15, 0.2) is 17.3 Å². The third-order valence-electron chi connectivity index (χ3n) is 5.22. The maximum atomic E-state index is 14.7. The highest BCUT2D eigenvalue weighted by molar-refractivity contribution is 5.97. The van der Waals surface area contributed by atoms with Crippen molar-refractivity contribution in [1.82, 2.24) is 9.78 Å². The van der Waals surface area contributed by atoms with Gasteiger partial charge in [-0.2, -0.15) is 5.10 Å². The Labute approximate surface area is 184 Å². The third kappa shape index (κ3) is 5.00. The number of esters is 1. The molecule has 0 bridgehead atoms. The average molecular weight is 444 g/mol. The number of hydrogen-bond acceptors (Lipinski definition) is 7. The molecule has 0 atom stereocenters. The molecule has 0 unspecified atom stereocenters. The van der Waals surface area contributed by atoms with Crippen LogP contribution in [0.4, 0.5) is 4.39 Å². The van der Waals surface area contributed by atoms with Gasteiger partial charge in [-0.25, -0.2) is 9.18 Å². The predicted molar refractivity (Wildman–Crippen MR) is 114 cm³/mol. The Morgan fingerprint density at radius 2 is 2.00 bits per heavy atom. The standard InChI is InChI=1S/C23H25FN2O6/c1-26-22-16(14-25-26)11-15(23(27)28-2)12-21(22)32-20-4-3-18(13-19(20)24)31-10-9-30-17-5-7-29-8-6-17/h3-4,11-14,17H,5-10H2,1-2H3. The number of benzene rings is 2. The van der Waals surface area contributed by atoms with Crippen LogP contribution in [-0.2, 0) is 21.3 Å². The molecule has 0 saturated carbocycles. The van der Waals surface area contributed by atoms with Gasteiger partial charge in [-0.15, -0.1) is 0 Å². The van der Waals surface area contributed by atoms with E-state index in [1.807, 2.05) is 0 Å². The zero-order valence-corrected chi connectivity index (χ0v) is 18.0. The first-order valence-electron chi connectivity index (χ1n) is 10.4. The van der Waals surface area contributed by atoms with E-state index in [-0.39, 0.29) is 17.4 Å². The molecule has 9 heteroatoms. The smallest absolute Gasteiger partial charge is 0.338 e. The van der Waals surface area contributed by atoms with Crippen LogP contribution in [0.5, 0.6) is 17.2 Å². The normalized spacial score (nSPS) is 14.5. The van der Waals surface area contributed by atoms with Gasteiger partial charge in [0, 0.05) is 31.7 Å². The summed E-state index contributed by atoms with van der Waals surface area (Å²) in [5.74, 6) is -0.445. The van der Waals surface area contributed by atoms with Crippen molar-refractivity contribution in [3.8, 4) is 17.2 Å². The van der Waals surface area contributed by atoms with Crippen molar-refractivity contribution in [3.63, 3.8) is 0 Å². The Morgan fingerprint density at radius 3 is 2.75 bits per heavy atom. The van der Waals surface area contributed by atoms with Crippen molar-refractivity contribution in [2.24, 2.45) is 7.05 Å². The largest absolute Gasteiger partial charge is 0.491 e. The monoisotopic (exact) mass is 444 g/mol. The van der Waals surface area contributed by atoms with E-state index in [0.717, 1.165) is 12.8 Å². The highest BCUT2D eigenvalue weighted by Crippen LogP contribution is 2.33. The van der Waals surface area contributed by atoms with Crippen LogP contribution in [-0.4, -0.2) is 55.4 Å². The second kappa shape index (κ2) is 9.97. The van der Waals surface area contributed by atoms with Gasteiger partial charge in [0.1, 0.15) is 17.9 Å². The lowest BCUT2D eigenvalue weighted by Gasteiger charge is -2.22. The Kier molecular flexibility index (Phi) is 6.87. The van der Waals surface area contributed by atoms with E-state index in [0.29, 0.717) is 48.8 Å². The molecule has 1 aromatic heterocycles. The lowest BCUT2D eigenvalue weighted by Crippen LogP contribution is -2.25. The van der Waals surface area contributed by atoms with Crippen molar-refractivity contribution in [1.29, 1.82) is 0 Å². The first kappa shape index (κ1) is 22.0. The highest BCUT2D eigenvalue weighted by atomic mass is 19.1. The van der Waals surface area contributed by atoms with Crippen LogP contribution in [0.25, 0.3) is 10.9 Å². The number of aryl methyl sites for hydroxylation is 1. The molecular formula is C23H25FN2O6. The highest BCUT2D eigenvalue weighted by Gasteiger charge is 2.17. The summed E-state index contributed by atoms with van der Waals surface area (Å²) in [6.45, 7) is 2.16. The Bertz CT molecular complexity index is 1090. The number of methoxy groups -OCH3 is 1. The molecule has 3 aromatic rings. The van der Waals surface area contributed by atoms with Gasteiger partial charge >= 0.3 is 5.97 Å². The predicted octanol–water partition coefficient (Wildman–Crippen LogP) is 3.87. The van der Waals surface area contributed by atoms with Crippen LogP contribution in [0.1, 0.15) is 23.2 Å². The molecule has 0 spiro atoms. The molecular weight excluding hydrogens is 419 g/mol. The molecule has 4 rings (SSSR count). The van der Waals surface area contributed by atoms with Gasteiger partial charge in [0.25, 0.3) is 0 Å². The second-order valence-corrected chi connectivity index (χ2v) is 7.40. The summed E-state index contributed by atoms with van der Waals surface area (Å²) in [4.78, 5) is 12.0. The molecule has 0 amide bonds. The van der Waals surface area contributed by atoms with Crippen molar-refractivity contribution in [2.75, 3.05) is 33.5 Å². The first-order chi connectivity index (χ1) is 15.5. The van der Waals surface area contributed by atoms with Gasteiger partial charge in [0.05, 0.1) is 31.6 Å². The van der Waals surface area contributed by atoms with Gasteiger partial charge < -0.3 is 23.7 Å². The van der Waals surface area contributed by atoms with Crippen molar-refractivity contribution in [3.05, 3.63) is 47.9 Å². The van der Waals surface area contributed by atoms with E-state index >= 15 is 0 Å². The van der Waals surface area contributed by atoms with E-state index in [9.17, 15) is 9.18 Å². The van der Waals surface area contributed by atoms with Crippen LogP contribution in [0.2, 0.25) is 0 Å². The molecule has 0 radical (unpaired) electrons. The van der Waals surface area contributed by atoms with Crippen LogP contribution < -0.4 is 9.47 Å². The maximum absolute atomic E-state index is 14.7. The molecule has 0 N–H and O–H groups in total. The molecule has 2 heterocycles. The number of fused-ring (bicyclic) bond motifs is 1. The SMILES string of the molecule is COC(=O)c1cc(Oc2ccc(OCCOC3CCOCC3)cc2F)c2c(cnn2C)c1. The van der Waals surface area contributed by atoms with Crippen LogP contribution in [0, 0.1) is 5.82 Å². The van der Waals surface area contributed by atoms with E-state index in [1.165, 1.54) is 25.3 Å². The number of carbonyl (C=O) groups excluding carboxylic acids is 1. The fourth-order valence-corrected chi connectivity index (χ4v) is 3.58. The molecule has 8 nitrogen and oxygen atoms in total. The number of hydrogen-bond donors (Lipinski definition) is 0. The van der Waals surface area contributed by atoms with Gasteiger partial charge in [-0.1, -0.05) is 0 Å². The molecule has 1 saturated heterocycles. The summed E-state index contributed by atoms with van der Waals surface area (Å²) in [5, 5.41) is 4.86. The number of aromatic nitrogens is 2. The Morgan fingerprint density at radius 1 is 1.19 bits per heavy atom. The average Bonchev–Trinajstić information content (AvgIpc) is 3.19. The summed E-state index contributed by atoms with van der Waals surface area (Å²) < 4.78 is 43.6. The van der Waals surface area contributed by atoms with Gasteiger partial charge in [-0.05, 0) is 37.1 Å². The summed E-state index contributed by atoms with van der Waals surface area (Å²) in [6.07, 6.45) is 3.54. The topological polar surface area (TPSA) is 81.0 Å². The summed E-state index contributed by atoms with van der Waals surface area (Å²) in [5.41, 5.74) is 0.913. The summed E-state index contributed by atoms with van der Waals surface area (Å²) >= 11 is 0. The molecule has 32 heavy (non-hydrogen) atoms. The maximum Gasteiger partial charge on any atom is 0.338 e. The lowest BCUT2D eigenvalue weighted by atomic mass is 10.1. The zero-order chi connectivity index (χ0) is 22.5. The molecule has 1 fully saturated rings. The quantitative estimate of drug-likeness (QED) is 0.385. The minimum Gasteiger partial charge on any atom is -0.491 e. The summed E-state index contributed by atoms with van der Waals surface area (Å²) in [7, 11) is 3.03. The number of ether oxygens (including phenoxy) is 5. The minimum atomic E-state index is -0.591. The van der Waals surface area contributed by atoms with Crippen molar-refractivity contribution < 1.29 is 32.9 Å². The number of carbonyl (C=O) groups is 1. The van der Waals surface area contributed by atoms with E-state index in [1.54, 1.807) is 30.1 Å². The van der Waals surface area contributed by atoms with Crippen LogP contribution in [0.15, 0.2) is 36.5 Å². The lowest BCUT2D eigenvalue weighted by molar-refractivity contribution is -0.0388. The van der Waals surface area contributed by atoms with Crippen molar-refractivity contribution >= 4 is 16.9 Å². The van der Waals surface area contributed by atoms with E-state index in [2.05, 4.69) is 5.10 Å². The molecule has 1 aliphatic heterocycles. The zero-order valence-electron chi connectivity index (χ0n) is 18.0. The molecule has 1 aliphatic rings. The molecule has 2 aromatic carbocycles. The minimum absolute atomic E-state index is 0.000298. The van der Waals surface area contributed by atoms with Gasteiger partial charge in [-0.3, -0.25) is 4.68 Å². The van der Waals surface area contributed by atoms with Gasteiger partial charge in [0.2, 0.25) is 0 Å². The number of rotatable bonds is 8. The second-order valence-electron chi connectivity index (χ2n) is 7.40. The number of halogens is 1. The van der Waals surface area contributed by atoms with E-state index in [4.69, 9.17) is 23.7 Å². The van der Waals surface area contributed by atoms with Crippen LogP contribution >= 0.6 is 0 Å². The Balaban J connectivity index is 1.44. The summed E-state index contributed by atoms with van der Waals surface area (Å²) in [6, 6.07) is 7.52. The third-order valence-corrected chi connectivity index (χ3v) is 5.22. The fourth-order valence-electron chi connectivity index (χ4n) is 3.58. The molecule has 170 valence electrons. The fraction of sp³-hybridized carbons (Fsp3) is 0.391. The first-order valence-corrected chi connectivity index (χ1v) is 10.4. The molecule has 0 aliphatic carbocycles. The Hall–Kier alpha value is -3.17. The number of nitrogens with zero attached hydrogens (tertiary/aromatic N) is 2.